The minimum atomic E-state index is 0.936. The Bertz CT molecular complexity index is 856. The molecule has 1 nitrogen and oxygen atoms in total. The maximum atomic E-state index is 5.58. The lowest BCUT2D eigenvalue weighted by Crippen LogP contribution is -1.90. The summed E-state index contributed by atoms with van der Waals surface area (Å²) in [5.41, 5.74) is 1.14. The number of rotatable bonds is 1. The molecular formula is C19H14O. The van der Waals surface area contributed by atoms with E-state index >= 15 is 0 Å². The third-order valence-corrected chi connectivity index (χ3v) is 3.72. The van der Waals surface area contributed by atoms with E-state index < -0.39 is 0 Å². The Morgan fingerprint density at radius 3 is 2.25 bits per heavy atom. The molecule has 1 heterocycles. The van der Waals surface area contributed by atoms with Crippen LogP contribution in [0.5, 0.6) is 0 Å². The van der Waals surface area contributed by atoms with Gasteiger partial charge in [0.1, 0.15) is 5.76 Å². The second-order valence-corrected chi connectivity index (χ2v) is 5.06. The van der Waals surface area contributed by atoms with Gasteiger partial charge in [-0.1, -0.05) is 36.4 Å². The standard InChI is InChI=1S/C19H14O/c1-2-6-15-12-18-13-17(19-7-3-4-10-20-19)9-8-16(18)11-14(15)5-1/h1-2,4-13H,3H2. The lowest BCUT2D eigenvalue weighted by Gasteiger charge is -2.11. The minimum Gasteiger partial charge on any atom is -0.465 e. The molecule has 4 rings (SSSR count). The third kappa shape index (κ3) is 1.88. The van der Waals surface area contributed by atoms with Crippen molar-refractivity contribution < 1.29 is 4.74 Å². The first kappa shape index (κ1) is 11.3. The van der Waals surface area contributed by atoms with Gasteiger partial charge in [-0.05, 0) is 58.3 Å². The molecule has 1 heteroatoms. The molecule has 1 aliphatic rings. The van der Waals surface area contributed by atoms with Gasteiger partial charge in [-0.2, -0.15) is 0 Å². The molecule has 0 N–H and O–H groups in total. The summed E-state index contributed by atoms with van der Waals surface area (Å²) in [6, 6.07) is 19.4. The topological polar surface area (TPSA) is 9.23 Å². The van der Waals surface area contributed by atoms with Crippen molar-refractivity contribution in [2.45, 2.75) is 6.42 Å². The van der Waals surface area contributed by atoms with Gasteiger partial charge in [0.25, 0.3) is 0 Å². The van der Waals surface area contributed by atoms with Crippen LogP contribution in [-0.4, -0.2) is 0 Å². The molecule has 0 aromatic heterocycles. The predicted octanol–water partition coefficient (Wildman–Crippen LogP) is 5.27. The van der Waals surface area contributed by atoms with Crippen LogP contribution >= 0.6 is 0 Å². The molecule has 0 amide bonds. The van der Waals surface area contributed by atoms with Gasteiger partial charge in [0.15, 0.2) is 0 Å². The molecule has 96 valence electrons. The SMILES string of the molecule is C1=COC(c2ccc3cc4ccccc4cc3c2)=CC1. The highest BCUT2D eigenvalue weighted by atomic mass is 16.5. The number of allylic oxidation sites excluding steroid dienone is 2. The van der Waals surface area contributed by atoms with Gasteiger partial charge >= 0.3 is 0 Å². The summed E-state index contributed by atoms with van der Waals surface area (Å²) in [5, 5.41) is 5.07. The first-order valence-electron chi connectivity index (χ1n) is 6.85. The van der Waals surface area contributed by atoms with E-state index in [-0.39, 0.29) is 0 Å². The average molecular weight is 258 g/mol. The lowest BCUT2D eigenvalue weighted by molar-refractivity contribution is 0.428. The molecule has 20 heavy (non-hydrogen) atoms. The monoisotopic (exact) mass is 258 g/mol. The fourth-order valence-corrected chi connectivity index (χ4v) is 2.68. The van der Waals surface area contributed by atoms with E-state index in [1.165, 1.54) is 21.5 Å². The lowest BCUT2D eigenvalue weighted by atomic mass is 10.0. The summed E-state index contributed by atoms with van der Waals surface area (Å²) >= 11 is 0. The number of ether oxygens (including phenoxy) is 1. The summed E-state index contributed by atoms with van der Waals surface area (Å²) < 4.78 is 5.58. The highest BCUT2D eigenvalue weighted by Gasteiger charge is 2.06. The van der Waals surface area contributed by atoms with E-state index in [0.717, 1.165) is 17.7 Å². The Hall–Kier alpha value is -2.54. The van der Waals surface area contributed by atoms with Gasteiger partial charge < -0.3 is 4.74 Å². The van der Waals surface area contributed by atoms with Crippen molar-refractivity contribution >= 4 is 27.3 Å². The molecule has 1 aliphatic heterocycles. The summed E-state index contributed by atoms with van der Waals surface area (Å²) in [6.07, 6.45) is 6.82. The Morgan fingerprint density at radius 2 is 1.50 bits per heavy atom. The van der Waals surface area contributed by atoms with Crippen LogP contribution in [0.25, 0.3) is 27.3 Å². The van der Waals surface area contributed by atoms with Crippen LogP contribution < -0.4 is 0 Å². The maximum absolute atomic E-state index is 5.58. The molecule has 0 aliphatic carbocycles. The summed E-state index contributed by atoms with van der Waals surface area (Å²) in [6.45, 7) is 0. The smallest absolute Gasteiger partial charge is 0.130 e. The second kappa shape index (κ2) is 4.53. The molecule has 0 unspecified atom stereocenters. The van der Waals surface area contributed by atoms with Crippen LogP contribution in [0.2, 0.25) is 0 Å². The molecule has 0 saturated heterocycles. The van der Waals surface area contributed by atoms with Gasteiger partial charge in [0, 0.05) is 5.56 Å². The zero-order valence-corrected chi connectivity index (χ0v) is 11.0. The highest BCUT2D eigenvalue weighted by Crippen LogP contribution is 2.27. The van der Waals surface area contributed by atoms with Crippen molar-refractivity contribution in [3.05, 3.63) is 78.6 Å². The van der Waals surface area contributed by atoms with E-state index in [1.54, 1.807) is 6.26 Å². The Kier molecular flexibility index (Phi) is 2.56. The van der Waals surface area contributed by atoms with E-state index in [0.29, 0.717) is 0 Å². The normalized spacial score (nSPS) is 14.3. The van der Waals surface area contributed by atoms with Crippen LogP contribution in [0.3, 0.4) is 0 Å². The summed E-state index contributed by atoms with van der Waals surface area (Å²) in [5.74, 6) is 0.947. The Labute approximate surface area is 117 Å². The van der Waals surface area contributed by atoms with Crippen molar-refractivity contribution in [2.24, 2.45) is 0 Å². The number of hydrogen-bond donors (Lipinski definition) is 0. The van der Waals surface area contributed by atoms with Crippen LogP contribution in [-0.2, 0) is 4.74 Å². The predicted molar refractivity (Wildman–Crippen MR) is 84.3 cm³/mol. The average Bonchev–Trinajstić information content (AvgIpc) is 2.53. The van der Waals surface area contributed by atoms with Gasteiger partial charge in [-0.3, -0.25) is 0 Å². The molecule has 0 saturated carbocycles. The van der Waals surface area contributed by atoms with E-state index in [4.69, 9.17) is 4.74 Å². The number of fused-ring (bicyclic) bond motifs is 2. The largest absolute Gasteiger partial charge is 0.465 e. The quantitative estimate of drug-likeness (QED) is 0.540. The van der Waals surface area contributed by atoms with Crippen LogP contribution in [0.15, 0.2) is 73.0 Å². The van der Waals surface area contributed by atoms with Crippen molar-refractivity contribution in [1.29, 1.82) is 0 Å². The number of hydrogen-bond acceptors (Lipinski definition) is 1. The molecule has 0 spiro atoms. The van der Waals surface area contributed by atoms with E-state index in [1.807, 2.05) is 6.08 Å². The van der Waals surface area contributed by atoms with Gasteiger partial charge in [-0.25, -0.2) is 0 Å². The molecule has 3 aromatic rings. The molecular weight excluding hydrogens is 244 g/mol. The minimum absolute atomic E-state index is 0.936. The van der Waals surface area contributed by atoms with Gasteiger partial charge in [-0.15, -0.1) is 0 Å². The molecule has 0 atom stereocenters. The first-order valence-corrected chi connectivity index (χ1v) is 6.85. The third-order valence-electron chi connectivity index (χ3n) is 3.72. The second-order valence-electron chi connectivity index (χ2n) is 5.06. The fourth-order valence-electron chi connectivity index (χ4n) is 2.68. The summed E-state index contributed by atoms with van der Waals surface area (Å²) in [4.78, 5) is 0. The van der Waals surface area contributed by atoms with Crippen LogP contribution in [0, 0.1) is 0 Å². The van der Waals surface area contributed by atoms with Crippen LogP contribution in [0.4, 0.5) is 0 Å². The van der Waals surface area contributed by atoms with E-state index in [9.17, 15) is 0 Å². The van der Waals surface area contributed by atoms with Crippen molar-refractivity contribution in [3.63, 3.8) is 0 Å². The Morgan fingerprint density at radius 1 is 0.750 bits per heavy atom. The molecule has 0 radical (unpaired) electrons. The zero-order chi connectivity index (χ0) is 13.4. The first-order chi connectivity index (χ1) is 9.90. The van der Waals surface area contributed by atoms with Gasteiger partial charge in [0.2, 0.25) is 0 Å². The van der Waals surface area contributed by atoms with Crippen molar-refractivity contribution in [3.8, 4) is 0 Å². The molecule has 3 aromatic carbocycles. The Balaban J connectivity index is 1.90. The zero-order valence-electron chi connectivity index (χ0n) is 11.0. The molecule has 0 bridgehead atoms. The fraction of sp³-hybridized carbons (Fsp3) is 0.0526. The molecule has 0 fully saturated rings. The van der Waals surface area contributed by atoms with E-state index in [2.05, 4.69) is 60.7 Å². The van der Waals surface area contributed by atoms with Crippen LogP contribution in [0.1, 0.15) is 12.0 Å². The van der Waals surface area contributed by atoms with Crippen molar-refractivity contribution in [1.82, 2.24) is 0 Å². The number of benzene rings is 3. The van der Waals surface area contributed by atoms with Crippen molar-refractivity contribution in [2.75, 3.05) is 0 Å². The summed E-state index contributed by atoms with van der Waals surface area (Å²) in [7, 11) is 0. The van der Waals surface area contributed by atoms with Gasteiger partial charge in [0.05, 0.1) is 6.26 Å². The maximum Gasteiger partial charge on any atom is 0.130 e. The highest BCUT2D eigenvalue weighted by molar-refractivity contribution is 5.99.